The molecule has 3 aromatic rings. The van der Waals surface area contributed by atoms with Crippen LogP contribution in [0.3, 0.4) is 0 Å². The molecule has 2 aromatic carbocycles. The third kappa shape index (κ3) is 4.33. The van der Waals surface area contributed by atoms with Gasteiger partial charge in [-0.15, -0.1) is 0 Å². The Labute approximate surface area is 160 Å². The molecule has 0 atom stereocenters. The molecule has 0 spiro atoms. The first-order valence-corrected chi connectivity index (χ1v) is 9.23. The molecule has 0 aliphatic rings. The quantitative estimate of drug-likeness (QED) is 0.676. The minimum atomic E-state index is -0.287. The van der Waals surface area contributed by atoms with Crippen molar-refractivity contribution in [3.8, 4) is 5.69 Å². The molecule has 0 unspecified atom stereocenters. The molecular formula is C19H16ClN3O2S. The highest BCUT2D eigenvalue weighted by atomic mass is 35.5. The first kappa shape index (κ1) is 18.2. The number of aryl methyl sites for hydroxylation is 1. The Kier molecular flexibility index (Phi) is 5.75. The average molecular weight is 386 g/mol. The van der Waals surface area contributed by atoms with E-state index in [1.54, 1.807) is 24.4 Å². The number of para-hydroxylation sites is 1. The van der Waals surface area contributed by atoms with Crippen LogP contribution in [0, 0.1) is 6.92 Å². The molecule has 0 aliphatic heterocycles. The van der Waals surface area contributed by atoms with Gasteiger partial charge in [0.05, 0.1) is 11.4 Å². The Balaban J connectivity index is 1.74. The van der Waals surface area contributed by atoms with Crippen LogP contribution in [0.25, 0.3) is 5.69 Å². The number of nitrogens with zero attached hydrogens (tertiary/aromatic N) is 2. The molecule has 1 amide bonds. The van der Waals surface area contributed by atoms with E-state index in [0.717, 1.165) is 17.3 Å². The van der Waals surface area contributed by atoms with E-state index in [4.69, 9.17) is 11.6 Å². The number of hydrogen-bond acceptors (Lipinski definition) is 4. The first-order chi connectivity index (χ1) is 12.5. The Bertz CT molecular complexity index is 990. The average Bonchev–Trinajstić information content (AvgIpc) is 2.64. The largest absolute Gasteiger partial charge is 0.325 e. The molecule has 0 saturated heterocycles. The monoisotopic (exact) mass is 385 g/mol. The van der Waals surface area contributed by atoms with Gasteiger partial charge in [-0.3, -0.25) is 14.2 Å². The summed E-state index contributed by atoms with van der Waals surface area (Å²) >= 11 is 7.25. The van der Waals surface area contributed by atoms with Crippen LogP contribution in [0.4, 0.5) is 5.69 Å². The summed E-state index contributed by atoms with van der Waals surface area (Å²) in [6.07, 6.45) is 3.12. The van der Waals surface area contributed by atoms with Crippen molar-refractivity contribution in [2.75, 3.05) is 11.1 Å². The molecule has 26 heavy (non-hydrogen) atoms. The van der Waals surface area contributed by atoms with E-state index in [0.29, 0.717) is 16.4 Å². The number of nitrogens with one attached hydrogen (secondary N) is 1. The van der Waals surface area contributed by atoms with Crippen LogP contribution in [-0.4, -0.2) is 21.2 Å². The van der Waals surface area contributed by atoms with E-state index in [2.05, 4.69) is 10.3 Å². The maximum absolute atomic E-state index is 12.6. The van der Waals surface area contributed by atoms with Crippen molar-refractivity contribution in [3.05, 3.63) is 81.9 Å². The molecule has 7 heteroatoms. The van der Waals surface area contributed by atoms with Crippen LogP contribution < -0.4 is 10.9 Å². The number of anilines is 1. The van der Waals surface area contributed by atoms with Crippen LogP contribution >= 0.6 is 23.4 Å². The van der Waals surface area contributed by atoms with Gasteiger partial charge in [0.1, 0.15) is 0 Å². The number of amides is 1. The standard InChI is InChI=1S/C19H16ClN3O2S/c1-13-7-8-15(11-16(13)20)23-10-9-21-18(19(23)25)26-12-17(24)22-14-5-3-2-4-6-14/h2-11H,12H2,1H3,(H,22,24). The molecule has 0 bridgehead atoms. The smallest absolute Gasteiger partial charge is 0.287 e. The topological polar surface area (TPSA) is 64.0 Å². The summed E-state index contributed by atoms with van der Waals surface area (Å²) in [5.74, 6) is -0.105. The van der Waals surface area contributed by atoms with Gasteiger partial charge in [-0.05, 0) is 36.8 Å². The molecule has 1 heterocycles. The molecule has 0 fully saturated rings. The summed E-state index contributed by atoms with van der Waals surface area (Å²) in [7, 11) is 0. The number of carbonyl (C=O) groups is 1. The van der Waals surface area contributed by atoms with E-state index in [-0.39, 0.29) is 22.2 Å². The third-order valence-corrected chi connectivity index (χ3v) is 5.01. The minimum absolute atomic E-state index is 0.0931. The Morgan fingerprint density at radius 3 is 2.73 bits per heavy atom. The Morgan fingerprint density at radius 1 is 1.23 bits per heavy atom. The minimum Gasteiger partial charge on any atom is -0.325 e. The van der Waals surface area contributed by atoms with Crippen molar-refractivity contribution in [2.45, 2.75) is 11.9 Å². The van der Waals surface area contributed by atoms with Crippen molar-refractivity contribution < 1.29 is 4.79 Å². The van der Waals surface area contributed by atoms with E-state index in [1.165, 1.54) is 10.8 Å². The predicted octanol–water partition coefficient (Wildman–Crippen LogP) is 3.93. The van der Waals surface area contributed by atoms with E-state index in [9.17, 15) is 9.59 Å². The van der Waals surface area contributed by atoms with Gasteiger partial charge in [-0.1, -0.05) is 47.6 Å². The number of rotatable bonds is 5. The summed E-state index contributed by atoms with van der Waals surface area (Å²) in [5.41, 5.74) is 2.02. The van der Waals surface area contributed by atoms with Gasteiger partial charge in [0.2, 0.25) is 5.91 Å². The second-order valence-electron chi connectivity index (χ2n) is 5.54. The summed E-state index contributed by atoms with van der Waals surface area (Å²) in [6, 6.07) is 14.6. The number of thioether (sulfide) groups is 1. The molecule has 0 aliphatic carbocycles. The molecule has 0 radical (unpaired) electrons. The van der Waals surface area contributed by atoms with E-state index < -0.39 is 0 Å². The second kappa shape index (κ2) is 8.21. The third-order valence-electron chi connectivity index (χ3n) is 3.64. The molecule has 0 saturated carbocycles. The first-order valence-electron chi connectivity index (χ1n) is 7.86. The Hall–Kier alpha value is -2.57. The second-order valence-corrected chi connectivity index (χ2v) is 6.92. The maximum Gasteiger partial charge on any atom is 0.287 e. The van der Waals surface area contributed by atoms with Crippen molar-refractivity contribution in [2.24, 2.45) is 0 Å². The van der Waals surface area contributed by atoms with Crippen LogP contribution in [-0.2, 0) is 4.79 Å². The van der Waals surface area contributed by atoms with Crippen molar-refractivity contribution in [3.63, 3.8) is 0 Å². The number of halogens is 1. The van der Waals surface area contributed by atoms with Crippen molar-refractivity contribution >= 4 is 35.0 Å². The number of carbonyl (C=O) groups excluding carboxylic acids is 1. The van der Waals surface area contributed by atoms with Gasteiger partial charge < -0.3 is 5.32 Å². The fraction of sp³-hybridized carbons (Fsp3) is 0.105. The highest BCUT2D eigenvalue weighted by molar-refractivity contribution is 7.99. The molecule has 132 valence electrons. The van der Waals surface area contributed by atoms with Crippen molar-refractivity contribution in [1.82, 2.24) is 9.55 Å². The lowest BCUT2D eigenvalue weighted by atomic mass is 10.2. The molecule has 3 rings (SSSR count). The fourth-order valence-electron chi connectivity index (χ4n) is 2.28. The van der Waals surface area contributed by atoms with Crippen LogP contribution in [0.5, 0.6) is 0 Å². The zero-order valence-corrected chi connectivity index (χ0v) is 15.6. The van der Waals surface area contributed by atoms with Gasteiger partial charge in [-0.2, -0.15) is 0 Å². The number of aromatic nitrogens is 2. The number of hydrogen-bond donors (Lipinski definition) is 1. The molecular weight excluding hydrogens is 370 g/mol. The van der Waals surface area contributed by atoms with Crippen LogP contribution in [0.1, 0.15) is 5.56 Å². The molecule has 1 N–H and O–H groups in total. The lowest BCUT2D eigenvalue weighted by Gasteiger charge is -2.09. The maximum atomic E-state index is 12.6. The SMILES string of the molecule is Cc1ccc(-n2ccnc(SCC(=O)Nc3ccccc3)c2=O)cc1Cl. The highest BCUT2D eigenvalue weighted by Crippen LogP contribution is 2.19. The lowest BCUT2D eigenvalue weighted by molar-refractivity contribution is -0.113. The molecule has 1 aromatic heterocycles. The van der Waals surface area contributed by atoms with Gasteiger partial charge in [-0.25, -0.2) is 4.98 Å². The van der Waals surface area contributed by atoms with Gasteiger partial charge in [0, 0.05) is 23.1 Å². The fourth-order valence-corrected chi connectivity index (χ4v) is 3.15. The van der Waals surface area contributed by atoms with Crippen LogP contribution in [0.15, 0.2) is 70.7 Å². The van der Waals surface area contributed by atoms with E-state index >= 15 is 0 Å². The predicted molar refractivity (Wildman–Crippen MR) is 105 cm³/mol. The zero-order valence-electron chi connectivity index (χ0n) is 14.0. The number of benzene rings is 2. The van der Waals surface area contributed by atoms with Crippen molar-refractivity contribution in [1.29, 1.82) is 0 Å². The lowest BCUT2D eigenvalue weighted by Crippen LogP contribution is -2.22. The summed E-state index contributed by atoms with van der Waals surface area (Å²) in [5, 5.41) is 3.62. The highest BCUT2D eigenvalue weighted by Gasteiger charge is 2.11. The zero-order chi connectivity index (χ0) is 18.5. The van der Waals surface area contributed by atoms with E-state index in [1.807, 2.05) is 37.3 Å². The summed E-state index contributed by atoms with van der Waals surface area (Å²) in [6.45, 7) is 1.90. The summed E-state index contributed by atoms with van der Waals surface area (Å²) < 4.78 is 1.47. The van der Waals surface area contributed by atoms with Gasteiger partial charge >= 0.3 is 0 Å². The Morgan fingerprint density at radius 2 is 2.00 bits per heavy atom. The molecule has 5 nitrogen and oxygen atoms in total. The normalized spacial score (nSPS) is 10.5. The van der Waals surface area contributed by atoms with Crippen LogP contribution in [0.2, 0.25) is 5.02 Å². The summed E-state index contributed by atoms with van der Waals surface area (Å²) in [4.78, 5) is 28.8. The van der Waals surface area contributed by atoms with Gasteiger partial charge in [0.25, 0.3) is 5.56 Å². The van der Waals surface area contributed by atoms with Gasteiger partial charge in [0.15, 0.2) is 5.03 Å².